The molecule has 1 atom stereocenters. The van der Waals surface area contributed by atoms with Crippen LogP contribution in [0, 0.1) is 6.92 Å². The predicted molar refractivity (Wildman–Crippen MR) is 127 cm³/mol. The number of sulfonamides is 1. The lowest BCUT2D eigenvalue weighted by atomic mass is 10.1. The van der Waals surface area contributed by atoms with Crippen molar-refractivity contribution in [2.24, 2.45) is 0 Å². The molecule has 1 saturated heterocycles. The summed E-state index contributed by atoms with van der Waals surface area (Å²) in [7, 11) is -3.63. The molecule has 0 saturated carbocycles. The van der Waals surface area contributed by atoms with Gasteiger partial charge in [-0.1, -0.05) is 31.2 Å². The van der Waals surface area contributed by atoms with Crippen molar-refractivity contribution in [3.63, 3.8) is 0 Å². The molecule has 0 unspecified atom stereocenters. The molecule has 0 spiro atoms. The number of aryl methyl sites for hydroxylation is 1. The zero-order valence-corrected chi connectivity index (χ0v) is 19.5. The molecule has 0 aliphatic carbocycles. The molecule has 3 rings (SSSR count). The van der Waals surface area contributed by atoms with Crippen LogP contribution in [0.5, 0.6) is 0 Å². The predicted octanol–water partition coefficient (Wildman–Crippen LogP) is 3.85. The zero-order valence-electron chi connectivity index (χ0n) is 18.7. The van der Waals surface area contributed by atoms with Gasteiger partial charge in [-0.25, -0.2) is 8.42 Å². The largest absolute Gasteiger partial charge is 0.372 e. The van der Waals surface area contributed by atoms with Crippen molar-refractivity contribution in [2.45, 2.75) is 52.1 Å². The number of nitrogens with zero attached hydrogens (tertiary/aromatic N) is 2. The average molecular weight is 444 g/mol. The van der Waals surface area contributed by atoms with E-state index in [2.05, 4.69) is 22.3 Å². The second kappa shape index (κ2) is 10.2. The van der Waals surface area contributed by atoms with Crippen LogP contribution >= 0.6 is 0 Å². The lowest BCUT2D eigenvalue weighted by Crippen LogP contribution is -2.49. The van der Waals surface area contributed by atoms with E-state index in [1.54, 1.807) is 18.2 Å². The molecule has 1 aliphatic heterocycles. The number of hydrogen-bond acceptors (Lipinski definition) is 4. The van der Waals surface area contributed by atoms with Crippen molar-refractivity contribution < 1.29 is 13.2 Å². The number of hydrogen-bond donors (Lipinski definition) is 1. The monoisotopic (exact) mass is 443 g/mol. The van der Waals surface area contributed by atoms with Gasteiger partial charge >= 0.3 is 0 Å². The summed E-state index contributed by atoms with van der Waals surface area (Å²) >= 11 is 0. The minimum absolute atomic E-state index is 0.297. The van der Waals surface area contributed by atoms with Gasteiger partial charge in [-0.3, -0.25) is 9.10 Å². The van der Waals surface area contributed by atoms with Gasteiger partial charge in [-0.2, -0.15) is 0 Å². The van der Waals surface area contributed by atoms with Crippen LogP contribution in [0.2, 0.25) is 0 Å². The van der Waals surface area contributed by atoms with Crippen molar-refractivity contribution in [1.29, 1.82) is 0 Å². The van der Waals surface area contributed by atoms with E-state index in [0.29, 0.717) is 18.7 Å². The molecule has 1 aliphatic rings. The molecule has 2 aromatic rings. The van der Waals surface area contributed by atoms with Crippen LogP contribution in [-0.4, -0.2) is 39.7 Å². The summed E-state index contributed by atoms with van der Waals surface area (Å²) in [5.41, 5.74) is 3.65. The van der Waals surface area contributed by atoms with Crippen LogP contribution in [0.25, 0.3) is 0 Å². The van der Waals surface area contributed by atoms with Gasteiger partial charge in [0, 0.05) is 25.3 Å². The molecule has 0 aromatic heterocycles. The first kappa shape index (κ1) is 23.1. The van der Waals surface area contributed by atoms with Crippen LogP contribution < -0.4 is 14.5 Å². The maximum Gasteiger partial charge on any atom is 0.244 e. The highest BCUT2D eigenvalue weighted by atomic mass is 32.2. The second-order valence-electron chi connectivity index (χ2n) is 8.25. The summed E-state index contributed by atoms with van der Waals surface area (Å²) in [5, 5.41) is 2.93. The van der Waals surface area contributed by atoms with Gasteiger partial charge in [0.2, 0.25) is 15.9 Å². The van der Waals surface area contributed by atoms with Crippen molar-refractivity contribution in [3.8, 4) is 0 Å². The van der Waals surface area contributed by atoms with Gasteiger partial charge in [0.1, 0.15) is 6.04 Å². The van der Waals surface area contributed by atoms with Gasteiger partial charge in [0.25, 0.3) is 0 Å². The number of anilines is 2. The second-order valence-corrected chi connectivity index (χ2v) is 10.1. The molecule has 0 radical (unpaired) electrons. The fraction of sp³-hybridized carbons (Fsp3) is 0.458. The maximum atomic E-state index is 13.0. The van der Waals surface area contributed by atoms with E-state index in [4.69, 9.17) is 0 Å². The van der Waals surface area contributed by atoms with E-state index in [9.17, 15) is 13.2 Å². The van der Waals surface area contributed by atoms with Crippen LogP contribution in [0.1, 0.15) is 43.7 Å². The lowest BCUT2D eigenvalue weighted by molar-refractivity contribution is -0.122. The Balaban J connectivity index is 1.69. The summed E-state index contributed by atoms with van der Waals surface area (Å²) in [4.78, 5) is 15.4. The number of rotatable bonds is 8. The summed E-state index contributed by atoms with van der Waals surface area (Å²) in [6, 6.07) is 14.7. The standard InChI is InChI=1S/C24H33N3O3S/c1-4-23(27(31(3,29)30)22-10-8-9-19(2)17-22)24(28)25-18-20-11-13-21(14-12-20)26-15-6-5-7-16-26/h8-14,17,23H,4-7,15-16,18H2,1-3H3,(H,25,28)/t23-/m0/s1. The first-order chi connectivity index (χ1) is 14.8. The van der Waals surface area contributed by atoms with Crippen molar-refractivity contribution >= 4 is 27.3 Å². The number of amides is 1. The van der Waals surface area contributed by atoms with Crippen LogP contribution in [0.3, 0.4) is 0 Å². The van der Waals surface area contributed by atoms with E-state index >= 15 is 0 Å². The minimum atomic E-state index is -3.63. The van der Waals surface area contributed by atoms with E-state index in [-0.39, 0.29) is 5.91 Å². The summed E-state index contributed by atoms with van der Waals surface area (Å²) in [6.07, 6.45) is 5.28. The van der Waals surface area contributed by atoms with Crippen LogP contribution in [0.4, 0.5) is 11.4 Å². The molecule has 1 amide bonds. The molecule has 6 nitrogen and oxygen atoms in total. The normalized spacial score (nSPS) is 15.4. The molecular formula is C24H33N3O3S. The zero-order chi connectivity index (χ0) is 22.4. The topological polar surface area (TPSA) is 69.7 Å². The highest BCUT2D eigenvalue weighted by Crippen LogP contribution is 2.24. The number of carbonyl (C=O) groups excluding carboxylic acids is 1. The number of piperidine rings is 1. The Kier molecular flexibility index (Phi) is 7.59. The SMILES string of the molecule is CC[C@@H](C(=O)NCc1ccc(N2CCCCC2)cc1)N(c1cccc(C)c1)S(C)(=O)=O. The highest BCUT2D eigenvalue weighted by Gasteiger charge is 2.31. The molecule has 7 heteroatoms. The van der Waals surface area contributed by atoms with Gasteiger partial charge in [0.05, 0.1) is 11.9 Å². The van der Waals surface area contributed by atoms with Crippen molar-refractivity contribution in [2.75, 3.05) is 28.6 Å². The molecule has 0 bridgehead atoms. The molecule has 31 heavy (non-hydrogen) atoms. The molecular weight excluding hydrogens is 410 g/mol. The molecule has 2 aromatic carbocycles. The third-order valence-corrected chi connectivity index (χ3v) is 6.89. The Morgan fingerprint density at radius 2 is 1.77 bits per heavy atom. The first-order valence-electron chi connectivity index (χ1n) is 11.0. The number of carbonyl (C=O) groups is 1. The Morgan fingerprint density at radius 1 is 1.10 bits per heavy atom. The van der Waals surface area contributed by atoms with Crippen LogP contribution in [0.15, 0.2) is 48.5 Å². The average Bonchev–Trinajstić information content (AvgIpc) is 2.75. The maximum absolute atomic E-state index is 13.0. The van der Waals surface area contributed by atoms with Gasteiger partial charge in [0.15, 0.2) is 0 Å². The molecule has 1 heterocycles. The van der Waals surface area contributed by atoms with Gasteiger partial charge in [-0.15, -0.1) is 0 Å². The minimum Gasteiger partial charge on any atom is -0.372 e. The molecule has 1 N–H and O–H groups in total. The van der Waals surface area contributed by atoms with Gasteiger partial charge < -0.3 is 10.2 Å². The van der Waals surface area contributed by atoms with E-state index in [1.807, 2.05) is 32.0 Å². The quantitative estimate of drug-likeness (QED) is 0.673. The Hall–Kier alpha value is -2.54. The smallest absolute Gasteiger partial charge is 0.244 e. The lowest BCUT2D eigenvalue weighted by Gasteiger charge is -2.30. The van der Waals surface area contributed by atoms with Crippen molar-refractivity contribution in [1.82, 2.24) is 5.32 Å². The number of nitrogens with one attached hydrogen (secondary N) is 1. The van der Waals surface area contributed by atoms with E-state index in [0.717, 1.165) is 30.5 Å². The number of benzene rings is 2. The first-order valence-corrected chi connectivity index (χ1v) is 12.8. The van der Waals surface area contributed by atoms with E-state index < -0.39 is 16.1 Å². The Bertz CT molecular complexity index is 983. The summed E-state index contributed by atoms with van der Waals surface area (Å²) in [5.74, 6) is -0.297. The fourth-order valence-electron chi connectivity index (χ4n) is 4.11. The molecule has 1 fully saturated rings. The Morgan fingerprint density at radius 3 is 2.35 bits per heavy atom. The van der Waals surface area contributed by atoms with Gasteiger partial charge in [-0.05, 0) is 68.0 Å². The summed E-state index contributed by atoms with van der Waals surface area (Å²) < 4.78 is 26.3. The van der Waals surface area contributed by atoms with Crippen LogP contribution in [-0.2, 0) is 21.4 Å². The fourth-order valence-corrected chi connectivity index (χ4v) is 5.31. The van der Waals surface area contributed by atoms with Crippen molar-refractivity contribution in [3.05, 3.63) is 59.7 Å². The summed E-state index contributed by atoms with van der Waals surface area (Å²) in [6.45, 7) is 6.27. The van der Waals surface area contributed by atoms with E-state index in [1.165, 1.54) is 29.3 Å². The third kappa shape index (κ3) is 6.00. The third-order valence-electron chi connectivity index (χ3n) is 5.71. The molecule has 168 valence electrons. The Labute approximate surface area is 186 Å². The highest BCUT2D eigenvalue weighted by molar-refractivity contribution is 7.92.